The minimum Gasteiger partial charge on any atom is -0.309 e. The summed E-state index contributed by atoms with van der Waals surface area (Å²) in [5.41, 5.74) is 7.25. The lowest BCUT2D eigenvalue weighted by Gasteiger charge is -2.11. The van der Waals surface area contributed by atoms with Crippen LogP contribution in [0.3, 0.4) is 0 Å². The lowest BCUT2D eigenvalue weighted by molar-refractivity contribution is 1.18. The Kier molecular flexibility index (Phi) is 4.37. The zero-order valence-electron chi connectivity index (χ0n) is 15.3. The molecular weight excluding hydrogens is 474 g/mol. The lowest BCUT2D eigenvalue weighted by Crippen LogP contribution is -1.93. The van der Waals surface area contributed by atoms with Crippen LogP contribution < -0.4 is 0 Å². The molecule has 136 valence electrons. The first-order chi connectivity index (χ1) is 13.6. The number of benzene rings is 4. The topological polar surface area (TPSA) is 4.93 Å². The van der Waals surface area contributed by atoms with Crippen molar-refractivity contribution in [1.82, 2.24) is 4.57 Å². The molecule has 3 heteroatoms. The van der Waals surface area contributed by atoms with Crippen LogP contribution in [0, 0.1) is 6.92 Å². The quantitative estimate of drug-likeness (QED) is 0.234. The van der Waals surface area contributed by atoms with E-state index in [1.165, 1.54) is 44.2 Å². The predicted octanol–water partition coefficient (Wildman–Crippen LogP) is 8.28. The van der Waals surface area contributed by atoms with Gasteiger partial charge in [0, 0.05) is 25.4 Å². The third kappa shape index (κ3) is 2.81. The van der Waals surface area contributed by atoms with E-state index >= 15 is 0 Å². The Bertz CT molecular complexity index is 1250. The monoisotopic (exact) mass is 489 g/mol. The van der Waals surface area contributed by atoms with Crippen LogP contribution in [0.5, 0.6) is 0 Å². The SMILES string of the molecule is Cc1c(Br)cc(-c2ccc(-n3c4ccccc4c4ccccc43)cc2)cc1Br. The number of rotatable bonds is 2. The van der Waals surface area contributed by atoms with Gasteiger partial charge in [-0.2, -0.15) is 0 Å². The van der Waals surface area contributed by atoms with Crippen molar-refractivity contribution >= 4 is 53.7 Å². The summed E-state index contributed by atoms with van der Waals surface area (Å²) >= 11 is 7.32. The van der Waals surface area contributed by atoms with Crippen LogP contribution in [-0.2, 0) is 0 Å². The van der Waals surface area contributed by atoms with Crippen LogP contribution in [0.2, 0.25) is 0 Å². The summed E-state index contributed by atoms with van der Waals surface area (Å²) in [5.74, 6) is 0. The van der Waals surface area contributed by atoms with Crippen molar-refractivity contribution in [2.24, 2.45) is 0 Å². The molecule has 0 aliphatic carbocycles. The molecule has 0 aliphatic rings. The number of hydrogen-bond acceptors (Lipinski definition) is 0. The van der Waals surface area contributed by atoms with Crippen LogP contribution in [0.25, 0.3) is 38.6 Å². The second-order valence-electron chi connectivity index (χ2n) is 6.98. The molecule has 0 atom stereocenters. The maximum Gasteiger partial charge on any atom is 0.0541 e. The summed E-state index contributed by atoms with van der Waals surface area (Å²) in [4.78, 5) is 0. The molecule has 0 radical (unpaired) electrons. The summed E-state index contributed by atoms with van der Waals surface area (Å²) in [6.07, 6.45) is 0. The Morgan fingerprint density at radius 3 is 1.64 bits per heavy atom. The van der Waals surface area contributed by atoms with Gasteiger partial charge in [-0.3, -0.25) is 0 Å². The number of nitrogens with zero attached hydrogens (tertiary/aromatic N) is 1. The predicted molar refractivity (Wildman–Crippen MR) is 126 cm³/mol. The maximum atomic E-state index is 3.66. The Labute approximate surface area is 180 Å². The second-order valence-corrected chi connectivity index (χ2v) is 8.69. The van der Waals surface area contributed by atoms with E-state index in [-0.39, 0.29) is 0 Å². The molecule has 0 spiro atoms. The first-order valence-corrected chi connectivity index (χ1v) is 10.8. The van der Waals surface area contributed by atoms with E-state index in [2.05, 4.69) is 128 Å². The van der Waals surface area contributed by atoms with Gasteiger partial charge in [0.2, 0.25) is 0 Å². The Hall–Kier alpha value is -2.36. The summed E-state index contributed by atoms with van der Waals surface area (Å²) in [7, 11) is 0. The molecule has 0 saturated heterocycles. The van der Waals surface area contributed by atoms with E-state index in [4.69, 9.17) is 0 Å². The molecule has 4 aromatic carbocycles. The van der Waals surface area contributed by atoms with Gasteiger partial charge < -0.3 is 4.57 Å². The van der Waals surface area contributed by atoms with Gasteiger partial charge in [-0.1, -0.05) is 80.4 Å². The molecule has 1 heterocycles. The van der Waals surface area contributed by atoms with E-state index in [1.54, 1.807) is 0 Å². The van der Waals surface area contributed by atoms with Gasteiger partial charge in [0.05, 0.1) is 11.0 Å². The number of hydrogen-bond donors (Lipinski definition) is 0. The molecule has 0 amide bonds. The van der Waals surface area contributed by atoms with E-state index in [0.29, 0.717) is 0 Å². The first-order valence-electron chi connectivity index (χ1n) is 9.18. The van der Waals surface area contributed by atoms with Crippen molar-refractivity contribution in [1.29, 1.82) is 0 Å². The van der Waals surface area contributed by atoms with Crippen molar-refractivity contribution in [3.63, 3.8) is 0 Å². The molecule has 1 nitrogen and oxygen atoms in total. The molecule has 0 fully saturated rings. The van der Waals surface area contributed by atoms with Gasteiger partial charge in [-0.25, -0.2) is 0 Å². The number of para-hydroxylation sites is 2. The fraction of sp³-hybridized carbons (Fsp3) is 0.0400. The molecule has 1 aromatic heterocycles. The molecular formula is C25H17Br2N. The normalized spacial score (nSPS) is 11.4. The van der Waals surface area contributed by atoms with Gasteiger partial charge in [0.25, 0.3) is 0 Å². The van der Waals surface area contributed by atoms with E-state index in [0.717, 1.165) is 8.95 Å². The molecule has 0 N–H and O–H groups in total. The summed E-state index contributed by atoms with van der Waals surface area (Å²) in [6.45, 7) is 2.10. The van der Waals surface area contributed by atoms with Crippen LogP contribution in [0.4, 0.5) is 0 Å². The van der Waals surface area contributed by atoms with Gasteiger partial charge in [-0.15, -0.1) is 0 Å². The summed E-state index contributed by atoms with van der Waals surface area (Å²) < 4.78 is 4.57. The van der Waals surface area contributed by atoms with Crippen molar-refractivity contribution < 1.29 is 0 Å². The van der Waals surface area contributed by atoms with Gasteiger partial charge in [0.15, 0.2) is 0 Å². The third-order valence-corrected chi connectivity index (χ3v) is 6.97. The minimum atomic E-state index is 1.11. The van der Waals surface area contributed by atoms with E-state index < -0.39 is 0 Å². The molecule has 0 saturated carbocycles. The second kappa shape index (κ2) is 6.91. The number of fused-ring (bicyclic) bond motifs is 3. The standard InChI is InChI=1S/C25H17Br2N/c1-16-22(26)14-18(15-23(16)27)17-10-12-19(13-11-17)28-24-8-4-2-6-20(24)21-7-3-5-9-25(21)28/h2-15H,1H3. The largest absolute Gasteiger partial charge is 0.309 e. The number of aromatic nitrogens is 1. The zero-order valence-corrected chi connectivity index (χ0v) is 18.5. The molecule has 5 rings (SSSR count). The molecule has 0 unspecified atom stereocenters. The average Bonchev–Trinajstić information content (AvgIpc) is 3.06. The third-order valence-electron chi connectivity index (χ3n) is 5.32. The molecule has 5 aromatic rings. The Balaban J connectivity index is 1.67. The highest BCUT2D eigenvalue weighted by atomic mass is 79.9. The van der Waals surface area contributed by atoms with Gasteiger partial charge >= 0.3 is 0 Å². The van der Waals surface area contributed by atoms with Crippen LogP contribution in [0.15, 0.2) is 93.9 Å². The fourth-order valence-electron chi connectivity index (χ4n) is 3.82. The summed E-state index contributed by atoms with van der Waals surface area (Å²) in [6, 6.07) is 30.4. The fourth-order valence-corrected chi connectivity index (χ4v) is 5.00. The zero-order chi connectivity index (χ0) is 19.3. The Morgan fingerprint density at radius 2 is 1.11 bits per heavy atom. The first kappa shape index (κ1) is 17.7. The van der Waals surface area contributed by atoms with Crippen molar-refractivity contribution in [3.05, 3.63) is 99.4 Å². The maximum absolute atomic E-state index is 3.66. The van der Waals surface area contributed by atoms with Gasteiger partial charge in [-0.05, 0) is 60.0 Å². The lowest BCUT2D eigenvalue weighted by atomic mass is 10.0. The van der Waals surface area contributed by atoms with Crippen LogP contribution in [-0.4, -0.2) is 4.57 Å². The molecule has 0 bridgehead atoms. The highest BCUT2D eigenvalue weighted by molar-refractivity contribution is 9.11. The van der Waals surface area contributed by atoms with E-state index in [9.17, 15) is 0 Å². The van der Waals surface area contributed by atoms with Crippen molar-refractivity contribution in [2.45, 2.75) is 6.92 Å². The highest BCUT2D eigenvalue weighted by Gasteiger charge is 2.11. The molecule has 0 aliphatic heterocycles. The van der Waals surface area contributed by atoms with E-state index in [1.807, 2.05) is 0 Å². The summed E-state index contributed by atoms with van der Waals surface area (Å²) in [5, 5.41) is 2.57. The van der Waals surface area contributed by atoms with Gasteiger partial charge in [0.1, 0.15) is 0 Å². The Morgan fingerprint density at radius 1 is 0.607 bits per heavy atom. The van der Waals surface area contributed by atoms with Crippen LogP contribution in [0.1, 0.15) is 5.56 Å². The smallest absolute Gasteiger partial charge is 0.0541 e. The average molecular weight is 491 g/mol. The minimum absolute atomic E-state index is 1.11. The van der Waals surface area contributed by atoms with Crippen molar-refractivity contribution in [2.75, 3.05) is 0 Å². The van der Waals surface area contributed by atoms with Crippen LogP contribution >= 0.6 is 31.9 Å². The number of halogens is 2. The van der Waals surface area contributed by atoms with Crippen molar-refractivity contribution in [3.8, 4) is 16.8 Å². The molecule has 28 heavy (non-hydrogen) atoms. The highest BCUT2D eigenvalue weighted by Crippen LogP contribution is 2.34.